The van der Waals surface area contributed by atoms with Gasteiger partial charge in [-0.1, -0.05) is 12.1 Å². The van der Waals surface area contributed by atoms with Crippen LogP contribution < -0.4 is 0 Å². The largest absolute Gasteiger partial charge is 0.390 e. The van der Waals surface area contributed by atoms with Gasteiger partial charge in [-0.05, 0) is 38.0 Å². The van der Waals surface area contributed by atoms with Gasteiger partial charge in [-0.3, -0.25) is 0 Å². The number of nitrogens with one attached hydrogen (secondary N) is 1. The third kappa shape index (κ3) is 2.21. The van der Waals surface area contributed by atoms with Crippen LogP contribution in [0.15, 0.2) is 24.4 Å². The summed E-state index contributed by atoms with van der Waals surface area (Å²) in [5.74, 6) is 0. The first-order valence-corrected chi connectivity index (χ1v) is 5.25. The summed E-state index contributed by atoms with van der Waals surface area (Å²) in [5, 5.41) is 11.0. The number of benzene rings is 1. The fourth-order valence-electron chi connectivity index (χ4n) is 1.91. The average Bonchev–Trinajstić information content (AvgIpc) is 2.45. The quantitative estimate of drug-likeness (QED) is 0.773. The maximum absolute atomic E-state index is 9.79. The molecule has 0 fully saturated rings. The fourth-order valence-corrected chi connectivity index (χ4v) is 1.91. The smallest absolute Gasteiger partial charge is 0.0632 e. The molecule has 2 aromatic rings. The minimum atomic E-state index is -0.653. The number of hydrogen-bond donors (Lipinski definition) is 2. The van der Waals surface area contributed by atoms with Crippen LogP contribution in [0.5, 0.6) is 0 Å². The highest BCUT2D eigenvalue weighted by atomic mass is 16.3. The molecule has 15 heavy (non-hydrogen) atoms. The minimum Gasteiger partial charge on any atom is -0.390 e. The van der Waals surface area contributed by atoms with Crippen molar-refractivity contribution in [3.8, 4) is 0 Å². The average molecular weight is 203 g/mol. The van der Waals surface area contributed by atoms with E-state index in [9.17, 15) is 5.11 Å². The van der Waals surface area contributed by atoms with Crippen molar-refractivity contribution >= 4 is 10.9 Å². The molecule has 0 unspecified atom stereocenters. The van der Waals surface area contributed by atoms with E-state index in [0.717, 1.165) is 5.52 Å². The Hall–Kier alpha value is -1.28. The Balaban J connectivity index is 2.45. The molecule has 0 radical (unpaired) electrons. The molecule has 1 aromatic carbocycles. The summed E-state index contributed by atoms with van der Waals surface area (Å²) >= 11 is 0. The van der Waals surface area contributed by atoms with Crippen LogP contribution in [0.3, 0.4) is 0 Å². The van der Waals surface area contributed by atoms with Gasteiger partial charge in [-0.15, -0.1) is 0 Å². The third-order valence-corrected chi connectivity index (χ3v) is 2.55. The minimum absolute atomic E-state index is 0.653. The highest BCUT2D eigenvalue weighted by molar-refractivity contribution is 5.83. The molecule has 0 aliphatic rings. The number of aromatic nitrogens is 1. The van der Waals surface area contributed by atoms with Crippen molar-refractivity contribution in [1.82, 2.24) is 4.98 Å². The van der Waals surface area contributed by atoms with E-state index in [2.05, 4.69) is 30.1 Å². The monoisotopic (exact) mass is 203 g/mol. The number of rotatable bonds is 2. The van der Waals surface area contributed by atoms with Gasteiger partial charge in [0, 0.05) is 23.5 Å². The zero-order valence-corrected chi connectivity index (χ0v) is 9.46. The Morgan fingerprint density at radius 3 is 2.73 bits per heavy atom. The summed E-state index contributed by atoms with van der Waals surface area (Å²) in [6.07, 6.45) is 2.66. The molecule has 0 aliphatic heterocycles. The molecular weight excluding hydrogens is 186 g/mol. The highest BCUT2D eigenvalue weighted by Gasteiger charge is 2.15. The standard InChI is InChI=1S/C13H17NO/c1-9-4-5-11-10(7-13(2,3)15)8-14-12(11)6-9/h4-6,8,14-15H,7H2,1-3H3. The van der Waals surface area contributed by atoms with Crippen LogP contribution in [-0.2, 0) is 6.42 Å². The summed E-state index contributed by atoms with van der Waals surface area (Å²) in [4.78, 5) is 3.24. The second-order valence-electron chi connectivity index (χ2n) is 4.85. The van der Waals surface area contributed by atoms with E-state index in [1.165, 1.54) is 16.5 Å². The number of aliphatic hydroxyl groups is 1. The zero-order valence-electron chi connectivity index (χ0n) is 9.46. The van der Waals surface area contributed by atoms with Gasteiger partial charge in [0.05, 0.1) is 5.60 Å². The number of hydrogen-bond acceptors (Lipinski definition) is 1. The first-order valence-electron chi connectivity index (χ1n) is 5.25. The lowest BCUT2D eigenvalue weighted by Crippen LogP contribution is -2.21. The molecule has 2 heteroatoms. The molecule has 1 aromatic heterocycles. The van der Waals surface area contributed by atoms with Gasteiger partial charge in [0.15, 0.2) is 0 Å². The van der Waals surface area contributed by atoms with E-state index in [1.54, 1.807) is 0 Å². The molecule has 0 saturated heterocycles. The summed E-state index contributed by atoms with van der Waals surface area (Å²) < 4.78 is 0. The molecule has 0 atom stereocenters. The van der Waals surface area contributed by atoms with Crippen molar-refractivity contribution < 1.29 is 5.11 Å². The first kappa shape index (κ1) is 10.2. The summed E-state index contributed by atoms with van der Waals surface area (Å²) in [7, 11) is 0. The molecule has 2 nitrogen and oxygen atoms in total. The molecule has 1 heterocycles. The van der Waals surface area contributed by atoms with E-state index < -0.39 is 5.60 Å². The summed E-state index contributed by atoms with van der Waals surface area (Å²) in [6, 6.07) is 6.34. The van der Waals surface area contributed by atoms with Gasteiger partial charge in [0.1, 0.15) is 0 Å². The lowest BCUT2D eigenvalue weighted by atomic mass is 9.98. The van der Waals surface area contributed by atoms with Gasteiger partial charge < -0.3 is 10.1 Å². The zero-order chi connectivity index (χ0) is 11.1. The van der Waals surface area contributed by atoms with Crippen molar-refractivity contribution in [2.45, 2.75) is 32.8 Å². The molecule has 80 valence electrons. The van der Waals surface area contributed by atoms with Crippen LogP contribution in [0.1, 0.15) is 25.0 Å². The van der Waals surface area contributed by atoms with Gasteiger partial charge in [0.2, 0.25) is 0 Å². The van der Waals surface area contributed by atoms with Crippen LogP contribution in [0.2, 0.25) is 0 Å². The SMILES string of the molecule is Cc1ccc2c(CC(C)(C)O)c[nH]c2c1. The molecule has 0 saturated carbocycles. The van der Waals surface area contributed by atoms with E-state index in [-0.39, 0.29) is 0 Å². The number of aromatic amines is 1. The summed E-state index contributed by atoms with van der Waals surface area (Å²) in [6.45, 7) is 5.75. The number of fused-ring (bicyclic) bond motifs is 1. The third-order valence-electron chi connectivity index (χ3n) is 2.55. The highest BCUT2D eigenvalue weighted by Crippen LogP contribution is 2.23. The van der Waals surface area contributed by atoms with Crippen molar-refractivity contribution in [2.24, 2.45) is 0 Å². The molecule has 0 aliphatic carbocycles. The maximum Gasteiger partial charge on any atom is 0.0632 e. The van der Waals surface area contributed by atoms with E-state index in [0.29, 0.717) is 6.42 Å². The van der Waals surface area contributed by atoms with Crippen molar-refractivity contribution in [1.29, 1.82) is 0 Å². The Labute approximate surface area is 89.9 Å². The van der Waals surface area contributed by atoms with Crippen molar-refractivity contribution in [3.63, 3.8) is 0 Å². The van der Waals surface area contributed by atoms with Crippen LogP contribution >= 0.6 is 0 Å². The van der Waals surface area contributed by atoms with Crippen LogP contribution in [-0.4, -0.2) is 15.7 Å². The molecule has 2 rings (SSSR count). The molecular formula is C13H17NO. The van der Waals surface area contributed by atoms with E-state index in [1.807, 2.05) is 20.0 Å². The van der Waals surface area contributed by atoms with Crippen LogP contribution in [0.25, 0.3) is 10.9 Å². The molecule has 2 N–H and O–H groups in total. The van der Waals surface area contributed by atoms with Crippen molar-refractivity contribution in [3.05, 3.63) is 35.5 Å². The molecule has 0 amide bonds. The molecule has 0 spiro atoms. The van der Waals surface area contributed by atoms with Gasteiger partial charge >= 0.3 is 0 Å². The Morgan fingerprint density at radius 1 is 1.33 bits per heavy atom. The van der Waals surface area contributed by atoms with Crippen LogP contribution in [0.4, 0.5) is 0 Å². The molecule has 0 bridgehead atoms. The topological polar surface area (TPSA) is 36.0 Å². The summed E-state index contributed by atoms with van der Waals surface area (Å²) in [5.41, 5.74) is 2.92. The van der Waals surface area contributed by atoms with E-state index in [4.69, 9.17) is 0 Å². The lowest BCUT2D eigenvalue weighted by Gasteiger charge is -2.16. The predicted molar refractivity (Wildman–Crippen MR) is 63.0 cm³/mol. The first-order chi connectivity index (χ1) is 6.96. The van der Waals surface area contributed by atoms with Crippen molar-refractivity contribution in [2.75, 3.05) is 0 Å². The number of H-pyrrole nitrogens is 1. The van der Waals surface area contributed by atoms with Gasteiger partial charge in [-0.25, -0.2) is 0 Å². The second-order valence-corrected chi connectivity index (χ2v) is 4.85. The Bertz CT molecular complexity index is 477. The Kier molecular flexibility index (Phi) is 2.31. The normalized spacial score (nSPS) is 12.3. The Morgan fingerprint density at radius 2 is 2.07 bits per heavy atom. The van der Waals surface area contributed by atoms with Gasteiger partial charge in [0.25, 0.3) is 0 Å². The lowest BCUT2D eigenvalue weighted by molar-refractivity contribution is 0.0813. The number of aryl methyl sites for hydroxylation is 1. The predicted octanol–water partition coefficient (Wildman–Crippen LogP) is 2.79. The van der Waals surface area contributed by atoms with Crippen LogP contribution in [0, 0.1) is 6.92 Å². The maximum atomic E-state index is 9.79. The van der Waals surface area contributed by atoms with E-state index >= 15 is 0 Å². The second kappa shape index (κ2) is 3.38. The fraction of sp³-hybridized carbons (Fsp3) is 0.385. The van der Waals surface area contributed by atoms with Gasteiger partial charge in [-0.2, -0.15) is 0 Å².